The van der Waals surface area contributed by atoms with Crippen LogP contribution in [0.1, 0.15) is 17.3 Å². The van der Waals surface area contributed by atoms with Crippen molar-refractivity contribution in [3.63, 3.8) is 0 Å². The quantitative estimate of drug-likeness (QED) is 0.755. The molecule has 0 aromatic heterocycles. The molecule has 0 saturated carbocycles. The van der Waals surface area contributed by atoms with Crippen LogP contribution < -0.4 is 0 Å². The van der Waals surface area contributed by atoms with Gasteiger partial charge in [0.1, 0.15) is 6.07 Å². The van der Waals surface area contributed by atoms with E-state index in [9.17, 15) is 13.2 Å². The van der Waals surface area contributed by atoms with Crippen LogP contribution >= 0.6 is 0 Å². The third kappa shape index (κ3) is 3.29. The van der Waals surface area contributed by atoms with Crippen LogP contribution in [0.3, 0.4) is 0 Å². The fraction of sp³-hybridized carbons (Fsp3) is 0.273. The zero-order valence-electron chi connectivity index (χ0n) is 9.38. The van der Waals surface area contributed by atoms with Crippen LogP contribution in [0.4, 0.5) is 0 Å². The van der Waals surface area contributed by atoms with Crippen molar-refractivity contribution in [1.82, 2.24) is 0 Å². The van der Waals surface area contributed by atoms with Gasteiger partial charge in [-0.3, -0.25) is 0 Å². The van der Waals surface area contributed by atoms with Crippen LogP contribution in [0.25, 0.3) is 0 Å². The van der Waals surface area contributed by atoms with Crippen molar-refractivity contribution in [1.29, 1.82) is 5.26 Å². The lowest BCUT2D eigenvalue weighted by atomic mass is 10.2. The third-order valence-electron chi connectivity index (χ3n) is 1.97. The predicted octanol–water partition coefficient (Wildman–Crippen LogP) is 1.16. The highest BCUT2D eigenvalue weighted by atomic mass is 32.2. The molecule has 0 saturated heterocycles. The van der Waals surface area contributed by atoms with E-state index in [-0.39, 0.29) is 10.5 Å². The van der Waals surface area contributed by atoms with Crippen molar-refractivity contribution in [2.24, 2.45) is 0 Å². The normalized spacial score (nSPS) is 12.5. The fourth-order valence-electron chi connectivity index (χ4n) is 1.21. The Morgan fingerprint density at radius 3 is 2.53 bits per heavy atom. The molecule has 6 heteroatoms. The Morgan fingerprint density at radius 2 is 2.00 bits per heavy atom. The molecule has 0 aliphatic carbocycles. The van der Waals surface area contributed by atoms with Crippen LogP contribution in [0.2, 0.25) is 0 Å². The highest BCUT2D eigenvalue weighted by Gasteiger charge is 2.20. The summed E-state index contributed by atoms with van der Waals surface area (Å²) in [5, 5.41) is 8.51. The average molecular weight is 253 g/mol. The number of hydrogen-bond donors (Lipinski definition) is 0. The summed E-state index contributed by atoms with van der Waals surface area (Å²) in [4.78, 5) is 11.5. The second-order valence-corrected chi connectivity index (χ2v) is 5.43. The Labute approximate surface area is 99.5 Å². The van der Waals surface area contributed by atoms with Crippen molar-refractivity contribution in [3.8, 4) is 6.07 Å². The number of benzene rings is 1. The van der Waals surface area contributed by atoms with Crippen molar-refractivity contribution in [3.05, 3.63) is 29.8 Å². The fourth-order valence-corrected chi connectivity index (χ4v) is 2.09. The van der Waals surface area contributed by atoms with Gasteiger partial charge in [0.05, 0.1) is 10.5 Å². The van der Waals surface area contributed by atoms with Gasteiger partial charge >= 0.3 is 5.97 Å². The highest BCUT2D eigenvalue weighted by molar-refractivity contribution is 7.90. The summed E-state index contributed by atoms with van der Waals surface area (Å²) in [6.07, 6.45) is 0.0856. The van der Waals surface area contributed by atoms with Crippen molar-refractivity contribution >= 4 is 15.8 Å². The van der Waals surface area contributed by atoms with Crippen LogP contribution in [0.15, 0.2) is 29.2 Å². The third-order valence-corrected chi connectivity index (χ3v) is 3.13. The van der Waals surface area contributed by atoms with Crippen LogP contribution in [-0.4, -0.2) is 26.7 Å². The number of rotatable bonds is 3. The smallest absolute Gasteiger partial charge is 0.340 e. The molecule has 5 nitrogen and oxygen atoms in total. The van der Waals surface area contributed by atoms with E-state index in [2.05, 4.69) is 0 Å². The van der Waals surface area contributed by atoms with Crippen molar-refractivity contribution < 1.29 is 17.9 Å². The summed E-state index contributed by atoms with van der Waals surface area (Å²) in [5.74, 6) is -0.819. The summed E-state index contributed by atoms with van der Waals surface area (Å²) in [7, 11) is -3.50. The minimum Gasteiger partial charge on any atom is -0.444 e. The van der Waals surface area contributed by atoms with Gasteiger partial charge in [-0.25, -0.2) is 13.2 Å². The number of esters is 1. The Morgan fingerprint density at radius 1 is 1.41 bits per heavy atom. The first-order valence-electron chi connectivity index (χ1n) is 4.76. The van der Waals surface area contributed by atoms with Gasteiger partial charge in [0, 0.05) is 6.26 Å². The second kappa shape index (κ2) is 4.97. The van der Waals surface area contributed by atoms with Crippen molar-refractivity contribution in [2.75, 3.05) is 6.26 Å². The molecule has 0 spiro atoms. The first-order valence-corrected chi connectivity index (χ1v) is 6.65. The average Bonchev–Trinajstić information content (AvgIpc) is 2.27. The lowest BCUT2D eigenvalue weighted by molar-refractivity contribution is 0.0431. The second-order valence-electron chi connectivity index (χ2n) is 3.44. The molecular formula is C11H11NO4S. The van der Waals surface area contributed by atoms with Gasteiger partial charge in [0.2, 0.25) is 0 Å². The SMILES string of the molecule is C[C@@H](C#N)OC(=O)c1ccccc1S(C)(=O)=O. The minimum atomic E-state index is -3.50. The number of nitriles is 1. The first-order chi connectivity index (χ1) is 7.86. The summed E-state index contributed by atoms with van der Waals surface area (Å²) in [5.41, 5.74) is -0.0582. The highest BCUT2D eigenvalue weighted by Crippen LogP contribution is 2.16. The van der Waals surface area contributed by atoms with E-state index in [1.165, 1.54) is 31.2 Å². The molecule has 0 amide bonds. The van der Waals surface area contributed by atoms with Crippen LogP contribution in [-0.2, 0) is 14.6 Å². The summed E-state index contributed by atoms with van der Waals surface area (Å²) in [6.45, 7) is 1.40. The maximum Gasteiger partial charge on any atom is 0.340 e. The van der Waals surface area contributed by atoms with E-state index in [0.717, 1.165) is 6.26 Å². The molecule has 0 fully saturated rings. The molecule has 0 N–H and O–H groups in total. The zero-order valence-corrected chi connectivity index (χ0v) is 10.2. The van der Waals surface area contributed by atoms with Gasteiger partial charge in [-0.05, 0) is 19.1 Å². The first kappa shape index (κ1) is 13.2. The molecule has 0 bridgehead atoms. The Kier molecular flexibility index (Phi) is 3.86. The molecule has 17 heavy (non-hydrogen) atoms. The van der Waals surface area contributed by atoms with Gasteiger partial charge < -0.3 is 4.74 Å². The molecule has 0 radical (unpaired) electrons. The molecule has 0 aliphatic heterocycles. The zero-order chi connectivity index (χ0) is 13.1. The number of hydrogen-bond acceptors (Lipinski definition) is 5. The standard InChI is InChI=1S/C11H11NO4S/c1-8(7-12)16-11(13)9-5-3-4-6-10(9)17(2,14)15/h3-6,8H,1-2H3/t8-/m0/s1. The van der Waals surface area contributed by atoms with Gasteiger partial charge in [-0.2, -0.15) is 5.26 Å². The molecule has 1 aromatic carbocycles. The monoisotopic (exact) mass is 253 g/mol. The van der Waals surface area contributed by atoms with E-state index < -0.39 is 21.9 Å². The topological polar surface area (TPSA) is 84.2 Å². The number of carbonyl (C=O) groups is 1. The predicted molar refractivity (Wildman–Crippen MR) is 60.0 cm³/mol. The largest absolute Gasteiger partial charge is 0.444 e. The Bertz CT molecular complexity index is 571. The van der Waals surface area contributed by atoms with Gasteiger partial charge in [0.15, 0.2) is 15.9 Å². The van der Waals surface area contributed by atoms with Crippen LogP contribution in [0.5, 0.6) is 0 Å². The maximum atomic E-state index is 11.6. The van der Waals surface area contributed by atoms with Gasteiger partial charge in [-0.15, -0.1) is 0 Å². The van der Waals surface area contributed by atoms with E-state index >= 15 is 0 Å². The van der Waals surface area contributed by atoms with E-state index in [1.807, 2.05) is 0 Å². The van der Waals surface area contributed by atoms with E-state index in [1.54, 1.807) is 6.07 Å². The molecule has 1 atom stereocenters. The number of sulfone groups is 1. The Balaban J connectivity index is 3.16. The maximum absolute atomic E-state index is 11.6. The lowest BCUT2D eigenvalue weighted by Crippen LogP contribution is -2.16. The Hall–Kier alpha value is -1.87. The van der Waals surface area contributed by atoms with E-state index in [0.29, 0.717) is 0 Å². The summed E-state index contributed by atoms with van der Waals surface area (Å²) < 4.78 is 27.6. The number of carbonyl (C=O) groups excluding carboxylic acids is 1. The van der Waals surface area contributed by atoms with Gasteiger partial charge in [-0.1, -0.05) is 12.1 Å². The molecule has 1 aromatic rings. The molecular weight excluding hydrogens is 242 g/mol. The molecule has 0 unspecified atom stereocenters. The number of nitrogens with zero attached hydrogens (tertiary/aromatic N) is 1. The van der Waals surface area contributed by atoms with Crippen molar-refractivity contribution in [2.45, 2.75) is 17.9 Å². The molecule has 0 heterocycles. The molecule has 90 valence electrons. The van der Waals surface area contributed by atoms with E-state index in [4.69, 9.17) is 10.00 Å². The van der Waals surface area contributed by atoms with Gasteiger partial charge in [0.25, 0.3) is 0 Å². The molecule has 0 aliphatic rings. The summed E-state index contributed by atoms with van der Waals surface area (Å²) >= 11 is 0. The lowest BCUT2D eigenvalue weighted by Gasteiger charge is -2.08. The number of ether oxygens (including phenoxy) is 1. The van der Waals surface area contributed by atoms with Crippen LogP contribution in [0, 0.1) is 11.3 Å². The minimum absolute atomic E-state index is 0.0582. The summed E-state index contributed by atoms with van der Waals surface area (Å²) in [6, 6.07) is 7.45. The molecule has 1 rings (SSSR count).